The summed E-state index contributed by atoms with van der Waals surface area (Å²) in [6.07, 6.45) is -3.81. The third-order valence-corrected chi connectivity index (χ3v) is 2.18. The number of alkyl halides is 3. The van der Waals surface area contributed by atoms with Crippen molar-refractivity contribution in [1.82, 2.24) is 5.32 Å². The topological polar surface area (TPSA) is 38.3 Å². The highest BCUT2D eigenvalue weighted by Gasteiger charge is 2.29. The Morgan fingerprint density at radius 2 is 1.94 bits per heavy atom. The highest BCUT2D eigenvalue weighted by atomic mass is 19.4. The summed E-state index contributed by atoms with van der Waals surface area (Å²) < 4.78 is 39.2. The molecule has 0 aliphatic rings. The van der Waals surface area contributed by atoms with Gasteiger partial charge in [0.2, 0.25) is 0 Å². The van der Waals surface area contributed by atoms with Gasteiger partial charge in [0.1, 0.15) is 0 Å². The molecule has 0 spiro atoms. The monoisotopic (exact) mass is 241 g/mol. The fourth-order valence-electron chi connectivity index (χ4n) is 1.22. The first kappa shape index (κ1) is 15.1. The Balaban J connectivity index is 3.79. The molecule has 3 nitrogen and oxygen atoms in total. The molecule has 6 heteroatoms. The van der Waals surface area contributed by atoms with Crippen molar-refractivity contribution in [3.63, 3.8) is 0 Å². The molecule has 0 rings (SSSR count). The molecule has 0 aromatic carbocycles. The number of hydrogen-bond donors (Lipinski definition) is 1. The lowest BCUT2D eigenvalue weighted by molar-refractivity contribution is -0.160. The first-order valence-corrected chi connectivity index (χ1v) is 5.24. The Kier molecular flexibility index (Phi) is 6.21. The van der Waals surface area contributed by atoms with Gasteiger partial charge in [0.05, 0.1) is 0 Å². The van der Waals surface area contributed by atoms with Crippen molar-refractivity contribution in [2.75, 3.05) is 6.61 Å². The van der Waals surface area contributed by atoms with Crippen LogP contribution in [0.4, 0.5) is 18.0 Å². The van der Waals surface area contributed by atoms with Gasteiger partial charge in [0, 0.05) is 6.04 Å². The molecule has 2 atom stereocenters. The van der Waals surface area contributed by atoms with Crippen LogP contribution in [0.25, 0.3) is 0 Å². The Morgan fingerprint density at radius 1 is 1.38 bits per heavy atom. The molecule has 1 amide bonds. The standard InChI is InChI=1S/C10H18F3NO2/c1-4-7(2)5-8(3)14-9(15)16-6-10(11,12)13/h7-8H,4-6H2,1-3H3,(H,14,15). The van der Waals surface area contributed by atoms with Crippen LogP contribution in [0.15, 0.2) is 0 Å². The van der Waals surface area contributed by atoms with Gasteiger partial charge in [-0.1, -0.05) is 20.3 Å². The number of carbonyl (C=O) groups excluding carboxylic acids is 1. The average molecular weight is 241 g/mol. The van der Waals surface area contributed by atoms with E-state index in [-0.39, 0.29) is 6.04 Å². The summed E-state index contributed by atoms with van der Waals surface area (Å²) in [6.45, 7) is 4.22. The lowest BCUT2D eigenvalue weighted by Gasteiger charge is -2.17. The van der Waals surface area contributed by atoms with E-state index in [1.54, 1.807) is 6.92 Å². The molecule has 0 radical (unpaired) electrons. The maximum Gasteiger partial charge on any atom is 0.422 e. The van der Waals surface area contributed by atoms with Crippen molar-refractivity contribution in [3.8, 4) is 0 Å². The summed E-state index contributed by atoms with van der Waals surface area (Å²) in [5.41, 5.74) is 0. The van der Waals surface area contributed by atoms with Crippen molar-refractivity contribution >= 4 is 6.09 Å². The predicted molar refractivity (Wildman–Crippen MR) is 54.1 cm³/mol. The number of nitrogens with one attached hydrogen (secondary N) is 1. The molecular weight excluding hydrogens is 223 g/mol. The number of halogens is 3. The van der Waals surface area contributed by atoms with Crippen LogP contribution in [0.2, 0.25) is 0 Å². The fraction of sp³-hybridized carbons (Fsp3) is 0.900. The molecule has 0 bridgehead atoms. The van der Waals surface area contributed by atoms with Gasteiger partial charge in [0.15, 0.2) is 6.61 Å². The SMILES string of the molecule is CCC(C)CC(C)NC(=O)OCC(F)(F)F. The number of hydrogen-bond acceptors (Lipinski definition) is 2. The van der Waals surface area contributed by atoms with Crippen LogP contribution in [-0.2, 0) is 4.74 Å². The normalized spacial score (nSPS) is 15.4. The molecule has 1 N–H and O–H groups in total. The second-order valence-corrected chi connectivity index (χ2v) is 3.99. The predicted octanol–water partition coefficient (Wildman–Crippen LogP) is 3.10. The molecule has 0 aromatic rings. The third-order valence-electron chi connectivity index (χ3n) is 2.18. The average Bonchev–Trinajstić information content (AvgIpc) is 2.13. The lowest BCUT2D eigenvalue weighted by atomic mass is 10.0. The number of amides is 1. The van der Waals surface area contributed by atoms with Crippen molar-refractivity contribution in [3.05, 3.63) is 0 Å². The summed E-state index contributed by atoms with van der Waals surface area (Å²) in [5.74, 6) is 0.415. The number of ether oxygens (including phenoxy) is 1. The van der Waals surface area contributed by atoms with Gasteiger partial charge in [-0.05, 0) is 19.3 Å². The molecule has 0 aliphatic carbocycles. The van der Waals surface area contributed by atoms with Crippen molar-refractivity contribution in [2.45, 2.75) is 45.8 Å². The lowest BCUT2D eigenvalue weighted by Crippen LogP contribution is -2.36. The van der Waals surface area contributed by atoms with E-state index in [4.69, 9.17) is 0 Å². The van der Waals surface area contributed by atoms with Crippen LogP contribution in [0.3, 0.4) is 0 Å². The zero-order valence-electron chi connectivity index (χ0n) is 9.73. The molecule has 0 fully saturated rings. The van der Waals surface area contributed by atoms with E-state index in [2.05, 4.69) is 10.1 Å². The van der Waals surface area contributed by atoms with E-state index in [1.807, 2.05) is 13.8 Å². The highest BCUT2D eigenvalue weighted by molar-refractivity contribution is 5.67. The van der Waals surface area contributed by atoms with Crippen molar-refractivity contribution in [2.24, 2.45) is 5.92 Å². The van der Waals surface area contributed by atoms with Crippen LogP contribution in [0, 0.1) is 5.92 Å². The van der Waals surface area contributed by atoms with Gasteiger partial charge < -0.3 is 10.1 Å². The van der Waals surface area contributed by atoms with E-state index in [9.17, 15) is 18.0 Å². The molecular formula is C10H18F3NO2. The number of carbonyl (C=O) groups is 1. The number of rotatable bonds is 5. The van der Waals surface area contributed by atoms with Crippen LogP contribution >= 0.6 is 0 Å². The largest absolute Gasteiger partial charge is 0.440 e. The van der Waals surface area contributed by atoms with Gasteiger partial charge in [-0.2, -0.15) is 13.2 Å². The summed E-state index contributed by atoms with van der Waals surface area (Å²) in [6, 6.07) is -0.185. The minimum atomic E-state index is -4.47. The van der Waals surface area contributed by atoms with Gasteiger partial charge >= 0.3 is 12.3 Å². The maximum atomic E-state index is 11.7. The van der Waals surface area contributed by atoms with Gasteiger partial charge in [-0.25, -0.2) is 4.79 Å². The van der Waals surface area contributed by atoms with E-state index in [0.29, 0.717) is 5.92 Å². The van der Waals surface area contributed by atoms with Crippen LogP contribution in [0.1, 0.15) is 33.6 Å². The van der Waals surface area contributed by atoms with E-state index in [1.165, 1.54) is 0 Å². The van der Waals surface area contributed by atoms with Crippen molar-refractivity contribution in [1.29, 1.82) is 0 Å². The minimum absolute atomic E-state index is 0.185. The quantitative estimate of drug-likeness (QED) is 0.803. The van der Waals surface area contributed by atoms with Crippen molar-refractivity contribution < 1.29 is 22.7 Å². The Morgan fingerprint density at radius 3 is 2.38 bits per heavy atom. The first-order chi connectivity index (χ1) is 7.24. The second kappa shape index (κ2) is 6.60. The third kappa shape index (κ3) is 8.38. The number of alkyl carbamates (subject to hydrolysis) is 1. The minimum Gasteiger partial charge on any atom is -0.440 e. The van der Waals surface area contributed by atoms with Gasteiger partial charge in [-0.3, -0.25) is 0 Å². The molecule has 96 valence electrons. The van der Waals surface area contributed by atoms with Gasteiger partial charge in [-0.15, -0.1) is 0 Å². The first-order valence-electron chi connectivity index (χ1n) is 5.24. The Labute approximate surface area is 93.3 Å². The molecule has 2 unspecified atom stereocenters. The molecule has 0 aromatic heterocycles. The van der Waals surface area contributed by atoms with E-state index in [0.717, 1.165) is 12.8 Å². The molecule has 0 heterocycles. The zero-order chi connectivity index (χ0) is 12.8. The molecule has 0 saturated heterocycles. The Bertz CT molecular complexity index is 219. The molecule has 16 heavy (non-hydrogen) atoms. The fourth-order valence-corrected chi connectivity index (χ4v) is 1.22. The maximum absolute atomic E-state index is 11.7. The Hall–Kier alpha value is -0.940. The zero-order valence-corrected chi connectivity index (χ0v) is 9.73. The van der Waals surface area contributed by atoms with Crippen LogP contribution in [0.5, 0.6) is 0 Å². The van der Waals surface area contributed by atoms with E-state index >= 15 is 0 Å². The van der Waals surface area contributed by atoms with Crippen LogP contribution in [-0.4, -0.2) is 24.9 Å². The highest BCUT2D eigenvalue weighted by Crippen LogP contribution is 2.14. The second-order valence-electron chi connectivity index (χ2n) is 3.99. The summed E-state index contributed by atoms with van der Waals surface area (Å²) in [4.78, 5) is 10.9. The molecule has 0 saturated carbocycles. The summed E-state index contributed by atoms with van der Waals surface area (Å²) >= 11 is 0. The summed E-state index contributed by atoms with van der Waals surface area (Å²) in [5, 5.41) is 2.36. The van der Waals surface area contributed by atoms with Crippen LogP contribution < -0.4 is 5.32 Å². The molecule has 0 aliphatic heterocycles. The summed E-state index contributed by atoms with van der Waals surface area (Å²) in [7, 11) is 0. The van der Waals surface area contributed by atoms with Gasteiger partial charge in [0.25, 0.3) is 0 Å². The van der Waals surface area contributed by atoms with E-state index < -0.39 is 18.9 Å². The smallest absolute Gasteiger partial charge is 0.422 e.